The smallest absolute Gasteiger partial charge is 0.354 e. The van der Waals surface area contributed by atoms with Gasteiger partial charge in [0, 0.05) is 36.1 Å². The van der Waals surface area contributed by atoms with E-state index in [0.29, 0.717) is 0 Å². The first-order valence-electron chi connectivity index (χ1n) is 10.1. The number of methoxy groups -OCH3 is 1. The summed E-state index contributed by atoms with van der Waals surface area (Å²) >= 11 is 0. The number of nitrogens with two attached hydrogens (primary N) is 1. The molecular weight excluding hydrogens is 451 g/mol. The molecule has 8 nitrogen and oxygen atoms in total. The number of aromatic nitrogens is 2. The maximum absolute atomic E-state index is 14.8. The first-order chi connectivity index (χ1) is 16.2. The van der Waals surface area contributed by atoms with Gasteiger partial charge in [-0.3, -0.25) is 9.69 Å². The quantitative estimate of drug-likeness (QED) is 0.440. The van der Waals surface area contributed by atoms with Crippen molar-refractivity contribution in [3.05, 3.63) is 77.4 Å². The number of benzene rings is 1. The Morgan fingerprint density at radius 1 is 1.18 bits per heavy atom. The standard InChI is InChI=1S/C23H20F3N5O3/c1-30-21(33)23(29-22(30)27,14-11-18(20(32)34-2)31(12-14)9-7-24)13-5-6-17(25)16(10-13)15-4-3-8-28-19(15)26/h3-6,8,10-12H,7,9H2,1-2H3,(H2,27,29)/t23-/m1/s1. The molecular formula is C23H20F3N5O3. The van der Waals surface area contributed by atoms with Gasteiger partial charge in [0.15, 0.2) is 11.5 Å². The molecule has 0 bridgehead atoms. The van der Waals surface area contributed by atoms with Crippen LogP contribution in [-0.2, 0) is 21.6 Å². The maximum Gasteiger partial charge on any atom is 0.354 e. The molecule has 0 fully saturated rings. The van der Waals surface area contributed by atoms with Gasteiger partial charge in [-0.25, -0.2) is 23.6 Å². The molecule has 0 unspecified atom stereocenters. The van der Waals surface area contributed by atoms with Gasteiger partial charge in [-0.05, 0) is 35.9 Å². The van der Waals surface area contributed by atoms with E-state index >= 15 is 0 Å². The number of aryl methyl sites for hydroxylation is 1. The summed E-state index contributed by atoms with van der Waals surface area (Å²) in [5.74, 6) is -3.11. The van der Waals surface area contributed by atoms with Gasteiger partial charge < -0.3 is 15.0 Å². The van der Waals surface area contributed by atoms with Crippen LogP contribution in [0.1, 0.15) is 21.6 Å². The third kappa shape index (κ3) is 3.49. The van der Waals surface area contributed by atoms with E-state index in [1.807, 2.05) is 0 Å². The van der Waals surface area contributed by atoms with Gasteiger partial charge in [0.05, 0.1) is 13.7 Å². The van der Waals surface area contributed by atoms with Crippen molar-refractivity contribution >= 4 is 17.8 Å². The van der Waals surface area contributed by atoms with Crippen LogP contribution in [0.2, 0.25) is 0 Å². The predicted octanol–water partition coefficient (Wildman–Crippen LogP) is 2.61. The van der Waals surface area contributed by atoms with E-state index in [1.165, 1.54) is 61.5 Å². The number of aliphatic imine (C=N–C) groups is 1. The Balaban J connectivity index is 1.99. The van der Waals surface area contributed by atoms with Crippen molar-refractivity contribution in [3.8, 4) is 11.1 Å². The minimum Gasteiger partial charge on any atom is -0.464 e. The van der Waals surface area contributed by atoms with Gasteiger partial charge in [-0.1, -0.05) is 6.07 Å². The van der Waals surface area contributed by atoms with Crippen molar-refractivity contribution in [2.24, 2.45) is 10.7 Å². The van der Waals surface area contributed by atoms with E-state index in [9.17, 15) is 22.8 Å². The summed E-state index contributed by atoms with van der Waals surface area (Å²) in [6.45, 7) is -0.968. The van der Waals surface area contributed by atoms with E-state index in [1.54, 1.807) is 0 Å². The molecule has 176 valence electrons. The molecule has 11 heteroatoms. The highest BCUT2D eigenvalue weighted by molar-refractivity contribution is 6.09. The second-order valence-corrected chi connectivity index (χ2v) is 7.57. The third-order valence-corrected chi connectivity index (χ3v) is 5.71. The SMILES string of the molecule is COC(=O)c1cc([C@@]2(c3ccc(F)c(-c4cccnc4F)c3)N=C(N)N(C)C2=O)cn1CCF. The number of hydrogen-bond acceptors (Lipinski definition) is 6. The van der Waals surface area contributed by atoms with E-state index < -0.39 is 35.9 Å². The highest BCUT2D eigenvalue weighted by Crippen LogP contribution is 2.42. The van der Waals surface area contributed by atoms with Gasteiger partial charge in [-0.15, -0.1) is 0 Å². The summed E-state index contributed by atoms with van der Waals surface area (Å²) < 4.78 is 48.4. The van der Waals surface area contributed by atoms with Crippen molar-refractivity contribution in [3.63, 3.8) is 0 Å². The zero-order valence-corrected chi connectivity index (χ0v) is 18.3. The number of nitrogens with zero attached hydrogens (tertiary/aromatic N) is 4. The highest BCUT2D eigenvalue weighted by atomic mass is 19.1. The molecule has 3 heterocycles. The number of halogens is 3. The molecule has 0 saturated carbocycles. The van der Waals surface area contributed by atoms with Crippen LogP contribution in [0.25, 0.3) is 11.1 Å². The van der Waals surface area contributed by atoms with Crippen molar-refractivity contribution in [1.29, 1.82) is 0 Å². The molecule has 4 rings (SSSR count). The Bertz CT molecular complexity index is 1320. The first kappa shape index (κ1) is 23.0. The predicted molar refractivity (Wildman–Crippen MR) is 117 cm³/mol. The molecule has 1 atom stereocenters. The monoisotopic (exact) mass is 471 g/mol. The Kier molecular flexibility index (Phi) is 5.86. The number of alkyl halides is 1. The number of guanidine groups is 1. The lowest BCUT2D eigenvalue weighted by molar-refractivity contribution is -0.129. The molecule has 1 aromatic carbocycles. The number of amides is 1. The number of esters is 1. The summed E-state index contributed by atoms with van der Waals surface area (Å²) in [4.78, 5) is 34.9. The van der Waals surface area contributed by atoms with Crippen LogP contribution in [0, 0.1) is 11.8 Å². The summed E-state index contributed by atoms with van der Waals surface area (Å²) in [6, 6.07) is 7.84. The van der Waals surface area contributed by atoms with Crippen LogP contribution in [0.5, 0.6) is 0 Å². The van der Waals surface area contributed by atoms with Crippen molar-refractivity contribution in [2.45, 2.75) is 12.1 Å². The number of carbonyl (C=O) groups is 2. The molecule has 3 aromatic rings. The fraction of sp³-hybridized carbons (Fsp3) is 0.217. The molecule has 34 heavy (non-hydrogen) atoms. The van der Waals surface area contributed by atoms with Gasteiger partial charge in [0.2, 0.25) is 5.95 Å². The highest BCUT2D eigenvalue weighted by Gasteiger charge is 2.50. The van der Waals surface area contributed by atoms with E-state index in [0.717, 1.165) is 11.0 Å². The Hall–Kier alpha value is -4.15. The average Bonchev–Trinajstić information content (AvgIpc) is 3.35. The number of hydrogen-bond donors (Lipinski definition) is 1. The van der Waals surface area contributed by atoms with Gasteiger partial charge in [0.25, 0.3) is 5.91 Å². The van der Waals surface area contributed by atoms with Crippen molar-refractivity contribution in [1.82, 2.24) is 14.5 Å². The van der Waals surface area contributed by atoms with Crippen molar-refractivity contribution < 1.29 is 27.5 Å². The molecule has 0 aliphatic carbocycles. The number of ether oxygens (including phenoxy) is 1. The lowest BCUT2D eigenvalue weighted by Gasteiger charge is -2.25. The lowest BCUT2D eigenvalue weighted by atomic mass is 9.82. The third-order valence-electron chi connectivity index (χ3n) is 5.71. The molecule has 2 aromatic heterocycles. The maximum atomic E-state index is 14.8. The summed E-state index contributed by atoms with van der Waals surface area (Å²) in [5.41, 5.74) is 4.22. The zero-order valence-electron chi connectivity index (χ0n) is 18.3. The lowest BCUT2D eigenvalue weighted by Crippen LogP contribution is -2.41. The molecule has 0 saturated heterocycles. The summed E-state index contributed by atoms with van der Waals surface area (Å²) in [5, 5.41) is 0. The Labute approximate surface area is 192 Å². The fourth-order valence-electron chi connectivity index (χ4n) is 3.99. The zero-order chi connectivity index (χ0) is 24.6. The van der Waals surface area contributed by atoms with Gasteiger partial charge in [-0.2, -0.15) is 4.39 Å². The Morgan fingerprint density at radius 2 is 1.94 bits per heavy atom. The molecule has 1 aliphatic rings. The van der Waals surface area contributed by atoms with Crippen LogP contribution in [0.15, 0.2) is 53.8 Å². The van der Waals surface area contributed by atoms with E-state index in [2.05, 4.69) is 9.98 Å². The van der Waals surface area contributed by atoms with Crippen LogP contribution < -0.4 is 5.73 Å². The number of pyridine rings is 1. The molecule has 0 radical (unpaired) electrons. The van der Waals surface area contributed by atoms with Gasteiger partial charge >= 0.3 is 5.97 Å². The van der Waals surface area contributed by atoms with Crippen LogP contribution in [0.3, 0.4) is 0 Å². The van der Waals surface area contributed by atoms with Crippen LogP contribution in [0.4, 0.5) is 13.2 Å². The summed E-state index contributed by atoms with van der Waals surface area (Å²) in [7, 11) is 2.58. The fourth-order valence-corrected chi connectivity index (χ4v) is 3.99. The second kappa shape index (κ2) is 8.65. The number of rotatable bonds is 6. The topological polar surface area (TPSA) is 103 Å². The molecule has 1 aliphatic heterocycles. The van der Waals surface area contributed by atoms with Crippen LogP contribution in [-0.4, -0.2) is 53.1 Å². The van der Waals surface area contributed by atoms with Crippen LogP contribution >= 0.6 is 0 Å². The molecule has 0 spiro atoms. The van der Waals surface area contributed by atoms with E-state index in [4.69, 9.17) is 10.5 Å². The molecule has 1 amide bonds. The minimum atomic E-state index is -1.83. The Morgan fingerprint density at radius 3 is 2.56 bits per heavy atom. The first-order valence-corrected chi connectivity index (χ1v) is 10.1. The van der Waals surface area contributed by atoms with Gasteiger partial charge in [0.1, 0.15) is 18.2 Å². The minimum absolute atomic E-state index is 0.00807. The molecule has 2 N–H and O–H groups in total. The second-order valence-electron chi connectivity index (χ2n) is 7.57. The normalized spacial score (nSPS) is 17.7. The largest absolute Gasteiger partial charge is 0.464 e. The van der Waals surface area contributed by atoms with E-state index in [-0.39, 0.29) is 40.5 Å². The number of likely N-dealkylation sites (N-methyl/N-ethyl adjacent to an activating group) is 1. The summed E-state index contributed by atoms with van der Waals surface area (Å²) in [6.07, 6.45) is 2.62. The number of carbonyl (C=O) groups excluding carboxylic acids is 2. The van der Waals surface area contributed by atoms with Crippen molar-refractivity contribution in [2.75, 3.05) is 20.8 Å². The average molecular weight is 471 g/mol.